The Morgan fingerprint density at radius 3 is 1.50 bits per heavy atom. The molecular weight excluding hydrogens is 605 g/mol. The van der Waals surface area contributed by atoms with E-state index in [9.17, 15) is 0 Å². The number of hydrogen-bond donors (Lipinski definition) is 0. The molecule has 1 fully saturated rings. The molecule has 1 heterocycles. The van der Waals surface area contributed by atoms with E-state index < -0.39 is 0 Å². The molecule has 0 saturated heterocycles. The van der Waals surface area contributed by atoms with Crippen LogP contribution in [0, 0.1) is 0 Å². The maximum atomic E-state index is 2.77. The van der Waals surface area contributed by atoms with Gasteiger partial charge in [0.2, 0.25) is 0 Å². The Bertz CT molecular complexity index is 1830. The van der Waals surface area contributed by atoms with Gasteiger partial charge in [-0.25, -0.2) is 0 Å². The molecule has 4 aromatic carbocycles. The number of hydrogen-bond acceptors (Lipinski definition) is 2. The van der Waals surface area contributed by atoms with Crippen LogP contribution in [0.5, 0.6) is 0 Å². The topological polar surface area (TPSA) is 6.48 Å². The maximum absolute atomic E-state index is 2.77. The highest BCUT2D eigenvalue weighted by Crippen LogP contribution is 2.61. The first-order chi connectivity index (χ1) is 23.0. The lowest BCUT2D eigenvalue weighted by molar-refractivity contribution is 0.194. The molecule has 6 rings (SSSR count). The van der Waals surface area contributed by atoms with Crippen LogP contribution in [0.25, 0.3) is 0 Å². The summed E-state index contributed by atoms with van der Waals surface area (Å²) in [5.74, 6) is 0. The summed E-state index contributed by atoms with van der Waals surface area (Å²) < 4.78 is 0. The monoisotopic (exact) mass is 669 g/mol. The summed E-state index contributed by atoms with van der Waals surface area (Å²) in [6, 6.07) is 33.3. The molecule has 0 aromatic heterocycles. The molecule has 2 atom stereocenters. The fourth-order valence-electron chi connectivity index (χ4n) is 8.56. The zero-order valence-electron chi connectivity index (χ0n) is 33.8. The van der Waals surface area contributed by atoms with Gasteiger partial charge < -0.3 is 9.80 Å². The van der Waals surface area contributed by atoms with Crippen LogP contribution in [0.3, 0.4) is 0 Å². The zero-order valence-corrected chi connectivity index (χ0v) is 33.8. The fourth-order valence-corrected chi connectivity index (χ4v) is 8.56. The van der Waals surface area contributed by atoms with E-state index >= 15 is 0 Å². The quantitative estimate of drug-likeness (QED) is 0.214. The highest BCUT2D eigenvalue weighted by atomic mass is 15.3. The largest absolute Gasteiger partial charge is 0.334 e. The highest BCUT2D eigenvalue weighted by molar-refractivity contribution is 5.84. The van der Waals surface area contributed by atoms with Gasteiger partial charge in [-0.3, -0.25) is 0 Å². The number of fused-ring (bicyclic) bond motifs is 3. The summed E-state index contributed by atoms with van der Waals surface area (Å²) in [6.45, 7) is 33.1. The van der Waals surface area contributed by atoms with Crippen LogP contribution < -0.4 is 9.80 Å². The highest BCUT2D eigenvalue weighted by Gasteiger charge is 2.58. The molecule has 266 valence electrons. The van der Waals surface area contributed by atoms with E-state index in [0.29, 0.717) is 0 Å². The molecule has 0 bridgehead atoms. The second kappa shape index (κ2) is 12.0. The lowest BCUT2D eigenvalue weighted by Crippen LogP contribution is -2.54. The summed E-state index contributed by atoms with van der Waals surface area (Å²) >= 11 is 0. The fraction of sp³-hybridized carbons (Fsp3) is 0.500. The minimum absolute atomic E-state index is 0.0268. The van der Waals surface area contributed by atoms with E-state index in [4.69, 9.17) is 0 Å². The van der Waals surface area contributed by atoms with Crippen LogP contribution in [-0.2, 0) is 27.1 Å². The van der Waals surface area contributed by atoms with Gasteiger partial charge in [-0.05, 0) is 118 Å². The minimum Gasteiger partial charge on any atom is -0.334 e. The van der Waals surface area contributed by atoms with Crippen molar-refractivity contribution in [2.75, 3.05) is 9.80 Å². The smallest absolute Gasteiger partial charge is 0.0517 e. The molecule has 4 aromatic rings. The van der Waals surface area contributed by atoms with Crippen LogP contribution >= 0.6 is 0 Å². The summed E-state index contributed by atoms with van der Waals surface area (Å²) in [6.07, 6.45) is 4.95. The van der Waals surface area contributed by atoms with Crippen LogP contribution in [0.2, 0.25) is 0 Å². The molecular formula is C48H64N2. The third-order valence-electron chi connectivity index (χ3n) is 12.2. The third-order valence-corrected chi connectivity index (χ3v) is 12.2. The van der Waals surface area contributed by atoms with E-state index in [0.717, 1.165) is 0 Å². The van der Waals surface area contributed by atoms with Gasteiger partial charge in [-0.2, -0.15) is 0 Å². The van der Waals surface area contributed by atoms with Gasteiger partial charge in [-0.15, -0.1) is 0 Å². The van der Waals surface area contributed by atoms with Crippen molar-refractivity contribution in [1.82, 2.24) is 0 Å². The molecule has 2 unspecified atom stereocenters. The Hall–Kier alpha value is -3.52. The first-order valence-corrected chi connectivity index (χ1v) is 19.2. The second-order valence-electron chi connectivity index (χ2n) is 20.1. The second-order valence-corrected chi connectivity index (χ2v) is 20.1. The van der Waals surface area contributed by atoms with Gasteiger partial charge in [0.15, 0.2) is 0 Å². The molecule has 1 saturated carbocycles. The summed E-state index contributed by atoms with van der Waals surface area (Å²) in [4.78, 5) is 5.29. The lowest BCUT2D eigenvalue weighted by atomic mass is 9.61. The summed E-state index contributed by atoms with van der Waals surface area (Å²) in [7, 11) is 0. The third kappa shape index (κ3) is 6.31. The summed E-state index contributed by atoms with van der Waals surface area (Å²) in [5.41, 5.74) is 13.5. The van der Waals surface area contributed by atoms with Crippen LogP contribution in [0.15, 0.2) is 84.9 Å². The van der Waals surface area contributed by atoms with Gasteiger partial charge in [0.05, 0.1) is 5.54 Å². The van der Waals surface area contributed by atoms with Gasteiger partial charge >= 0.3 is 0 Å². The van der Waals surface area contributed by atoms with Crippen molar-refractivity contribution in [2.24, 2.45) is 0 Å². The van der Waals surface area contributed by atoms with E-state index in [1.165, 1.54) is 81.9 Å². The van der Waals surface area contributed by atoms with E-state index in [1.54, 1.807) is 0 Å². The van der Waals surface area contributed by atoms with Crippen molar-refractivity contribution < 1.29 is 0 Å². The first kappa shape index (κ1) is 36.3. The zero-order chi connectivity index (χ0) is 36.7. The molecule has 2 nitrogen and oxygen atoms in total. The number of rotatable bonds is 4. The average Bonchev–Trinajstić information content (AvgIpc) is 3.22. The lowest BCUT2D eigenvalue weighted by Gasteiger charge is -2.50. The Balaban J connectivity index is 1.64. The molecule has 2 heteroatoms. The van der Waals surface area contributed by atoms with Crippen LogP contribution in [-0.4, -0.2) is 5.54 Å². The molecule has 1 aliphatic heterocycles. The SMILES string of the molecule is CC(C)(C)c1cccc(N(c2cccc(C(C)(C)C)c2)c2cc(N3c4ccc(C(C)(C)C)cc4C4(C)CCCCC34C)cc(C(C)(C)C)c2)c1. The molecule has 2 aliphatic rings. The molecule has 50 heavy (non-hydrogen) atoms. The standard InChI is InChI=1S/C48H64N2/c1-43(2,3)33-19-17-21-37(27-33)49(38-22-18-20-34(28-38)44(4,5)6)39-29-36(46(10,11)12)30-40(32-39)50-42-24-23-35(45(7,8)9)31-41(42)47(13)25-15-16-26-48(47,50)14/h17-24,27-32H,15-16,25-26H2,1-14H3. The Kier molecular flexibility index (Phi) is 8.73. The molecule has 1 aliphatic carbocycles. The van der Waals surface area contributed by atoms with Crippen LogP contribution in [0.1, 0.15) is 150 Å². The first-order valence-electron chi connectivity index (χ1n) is 19.2. The predicted molar refractivity (Wildman–Crippen MR) is 219 cm³/mol. The van der Waals surface area contributed by atoms with Crippen molar-refractivity contribution in [3.8, 4) is 0 Å². The minimum atomic E-state index is -0.0354. The Morgan fingerprint density at radius 1 is 0.500 bits per heavy atom. The van der Waals surface area contributed by atoms with Crippen molar-refractivity contribution in [3.63, 3.8) is 0 Å². The molecule has 0 radical (unpaired) electrons. The van der Waals surface area contributed by atoms with Gasteiger partial charge in [0, 0.05) is 33.9 Å². The van der Waals surface area contributed by atoms with Gasteiger partial charge in [0.1, 0.15) is 0 Å². The van der Waals surface area contributed by atoms with E-state index in [1.807, 2.05) is 0 Å². The Morgan fingerprint density at radius 2 is 0.980 bits per heavy atom. The van der Waals surface area contributed by atoms with Crippen molar-refractivity contribution >= 4 is 28.4 Å². The molecule has 0 spiro atoms. The van der Waals surface area contributed by atoms with E-state index in [-0.39, 0.29) is 32.6 Å². The van der Waals surface area contributed by atoms with Crippen molar-refractivity contribution in [2.45, 2.75) is 155 Å². The predicted octanol–water partition coefficient (Wildman–Crippen LogP) is 14.1. The number of benzene rings is 4. The van der Waals surface area contributed by atoms with Crippen molar-refractivity contribution in [3.05, 3.63) is 113 Å². The van der Waals surface area contributed by atoms with Gasteiger partial charge in [0.25, 0.3) is 0 Å². The number of anilines is 5. The normalized spacial score (nSPS) is 21.2. The Labute approximate surface area is 305 Å². The van der Waals surface area contributed by atoms with Crippen molar-refractivity contribution in [1.29, 1.82) is 0 Å². The average molecular weight is 669 g/mol. The van der Waals surface area contributed by atoms with Gasteiger partial charge in [-0.1, -0.05) is 139 Å². The molecule has 0 amide bonds. The van der Waals surface area contributed by atoms with Crippen LogP contribution in [0.4, 0.5) is 28.4 Å². The van der Waals surface area contributed by atoms with E-state index in [2.05, 4.69) is 192 Å². The maximum Gasteiger partial charge on any atom is 0.0517 e. The molecule has 0 N–H and O–H groups in total. The number of nitrogens with zero attached hydrogens (tertiary/aromatic N) is 2. The summed E-state index contributed by atoms with van der Waals surface area (Å²) in [5, 5.41) is 0.